The van der Waals surface area contributed by atoms with E-state index in [-0.39, 0.29) is 28.9 Å². The van der Waals surface area contributed by atoms with E-state index in [0.717, 1.165) is 76.7 Å². The predicted molar refractivity (Wildman–Crippen MR) is 311 cm³/mol. The Hall–Kier alpha value is -9.89. The Bertz CT molecular complexity index is 4200. The van der Waals surface area contributed by atoms with Gasteiger partial charge in [0.25, 0.3) is 0 Å². The molecule has 10 heteroatoms. The zero-order chi connectivity index (χ0) is 51.4. The van der Waals surface area contributed by atoms with Gasteiger partial charge < -0.3 is 18.4 Å². The molecular formula is C66H46B2N6O2. The molecule has 4 heterocycles. The fourth-order valence-corrected chi connectivity index (χ4v) is 11.7. The van der Waals surface area contributed by atoms with Crippen molar-refractivity contribution in [3.05, 3.63) is 240 Å². The summed E-state index contributed by atoms with van der Waals surface area (Å²) < 4.78 is 18.6. The highest BCUT2D eigenvalue weighted by atomic mass is 16.5. The molecule has 13 rings (SSSR count). The topological polar surface area (TPSA) is 101 Å². The molecule has 0 bridgehead atoms. The van der Waals surface area contributed by atoms with E-state index in [1.54, 1.807) is 0 Å². The van der Waals surface area contributed by atoms with Crippen LogP contribution in [0.15, 0.2) is 228 Å². The quantitative estimate of drug-likeness (QED) is 0.127. The molecule has 76 heavy (non-hydrogen) atoms. The van der Waals surface area contributed by atoms with Gasteiger partial charge in [0, 0.05) is 27.7 Å². The van der Waals surface area contributed by atoms with E-state index in [2.05, 4.69) is 157 Å². The van der Waals surface area contributed by atoms with Crippen molar-refractivity contribution >= 4 is 102 Å². The van der Waals surface area contributed by atoms with Crippen molar-refractivity contribution in [2.24, 2.45) is 9.98 Å². The van der Waals surface area contributed by atoms with Crippen molar-refractivity contribution in [2.45, 2.75) is 26.7 Å². The SMILES string of the molecule is Cc1ccccc1-c1c2/c(=C(\C#N)C3=Nc4cccc5cccc(c45)O3)n(B(c3ccccc3)c3ccccc3)c(C(C)C)c2/c(=C(\C#N)C2=Nc3cccc4cccc(c34)O2)n1B(c1ccccc1)c1ccccc1. The molecule has 358 valence electrons. The van der Waals surface area contributed by atoms with Gasteiger partial charge in [-0.1, -0.05) is 230 Å². The number of aryl methyl sites for hydroxylation is 1. The first kappa shape index (κ1) is 45.9. The second kappa shape index (κ2) is 18.9. The number of fused-ring (bicyclic) bond motifs is 1. The molecule has 2 aromatic heterocycles. The molecule has 0 atom stereocenters. The van der Waals surface area contributed by atoms with Gasteiger partial charge in [-0.05, 0) is 53.4 Å². The number of nitriles is 2. The van der Waals surface area contributed by atoms with Gasteiger partial charge in [0.1, 0.15) is 34.8 Å². The highest BCUT2D eigenvalue weighted by molar-refractivity contribution is 6.85. The highest BCUT2D eigenvalue weighted by Gasteiger charge is 2.39. The molecule has 0 fully saturated rings. The summed E-state index contributed by atoms with van der Waals surface area (Å²) in [7, 11) is 0. The van der Waals surface area contributed by atoms with Crippen molar-refractivity contribution in [1.29, 1.82) is 10.5 Å². The highest BCUT2D eigenvalue weighted by Crippen LogP contribution is 2.41. The van der Waals surface area contributed by atoms with Gasteiger partial charge in [0.15, 0.2) is 0 Å². The number of rotatable bonds is 10. The molecule has 0 amide bonds. The van der Waals surface area contributed by atoms with Crippen LogP contribution in [0.25, 0.3) is 54.7 Å². The number of hydrogen-bond donors (Lipinski definition) is 0. The zero-order valence-electron chi connectivity index (χ0n) is 42.0. The lowest BCUT2D eigenvalue weighted by Crippen LogP contribution is -2.55. The first-order chi connectivity index (χ1) is 37.4. The summed E-state index contributed by atoms with van der Waals surface area (Å²) in [5.74, 6) is 1.35. The molecule has 2 aliphatic heterocycles. The molecule has 2 aliphatic rings. The Morgan fingerprint density at radius 2 is 0.842 bits per heavy atom. The van der Waals surface area contributed by atoms with Gasteiger partial charge in [0.2, 0.25) is 11.8 Å². The summed E-state index contributed by atoms with van der Waals surface area (Å²) in [6, 6.07) is 79.6. The average Bonchev–Trinajstić information content (AvgIpc) is 4.15. The van der Waals surface area contributed by atoms with E-state index in [0.29, 0.717) is 33.6 Å². The van der Waals surface area contributed by atoms with Crippen LogP contribution in [-0.2, 0) is 0 Å². The third kappa shape index (κ3) is 7.45. The van der Waals surface area contributed by atoms with Crippen LogP contribution >= 0.6 is 0 Å². The monoisotopic (exact) mass is 976 g/mol. The van der Waals surface area contributed by atoms with Crippen LogP contribution in [0, 0.1) is 29.6 Å². The van der Waals surface area contributed by atoms with Crippen molar-refractivity contribution in [3.8, 4) is 34.9 Å². The van der Waals surface area contributed by atoms with E-state index in [1.165, 1.54) is 0 Å². The minimum Gasteiger partial charge on any atom is -0.437 e. The van der Waals surface area contributed by atoms with Crippen molar-refractivity contribution in [2.75, 3.05) is 0 Å². The van der Waals surface area contributed by atoms with Crippen LogP contribution in [0.1, 0.15) is 31.0 Å². The number of aliphatic imine (C=N–C) groups is 2. The standard InChI is InChI=1S/C66H46B2N6O2/c1-42(2)61-59-60(64(73(61)67(46-27-8-4-9-28-46)47-29-10-5-11-30-47)52(41-70)66-72-54-37-19-24-45-26-21-39-56(76-66)58(45)54)62(50-35-17-16-22-43(50)3)74(68(48-31-12-6-13-32-48)49-33-14-7-15-34-49)63(59)51(40-69)65-71-53-36-18-23-44-25-20-38-55(75-65)57(44)53/h4-39,42H,1-3H3/b63-51-,64-52-. The van der Waals surface area contributed by atoms with Gasteiger partial charge >= 0.3 is 13.7 Å². The van der Waals surface area contributed by atoms with Crippen LogP contribution in [-0.4, -0.2) is 34.4 Å². The van der Waals surface area contributed by atoms with E-state index in [9.17, 15) is 10.5 Å². The molecule has 0 saturated carbocycles. The molecule has 0 saturated heterocycles. The minimum absolute atomic E-state index is 0.173. The van der Waals surface area contributed by atoms with Crippen LogP contribution in [0.2, 0.25) is 0 Å². The number of nitrogens with zero attached hydrogens (tertiary/aromatic N) is 6. The lowest BCUT2D eigenvalue weighted by Gasteiger charge is -2.26. The third-order valence-corrected chi connectivity index (χ3v) is 14.8. The molecule has 0 N–H and O–H groups in total. The predicted octanol–water partition coefficient (Wildman–Crippen LogP) is 10.7. The molecule has 8 nitrogen and oxygen atoms in total. The average molecular weight is 977 g/mol. The number of aromatic nitrogens is 2. The van der Waals surface area contributed by atoms with Crippen LogP contribution in [0.5, 0.6) is 11.5 Å². The minimum atomic E-state index is -0.527. The van der Waals surface area contributed by atoms with E-state index in [4.69, 9.17) is 19.5 Å². The fourth-order valence-electron chi connectivity index (χ4n) is 11.7. The summed E-state index contributed by atoms with van der Waals surface area (Å²) in [5, 5.41) is 31.0. The van der Waals surface area contributed by atoms with Crippen LogP contribution < -0.4 is 42.0 Å². The van der Waals surface area contributed by atoms with Crippen LogP contribution in [0.3, 0.4) is 0 Å². The maximum absolute atomic E-state index is 12.2. The van der Waals surface area contributed by atoms with Crippen molar-refractivity contribution < 1.29 is 9.47 Å². The smallest absolute Gasteiger partial charge is 0.328 e. The number of hydrogen-bond acceptors (Lipinski definition) is 6. The number of benzene rings is 9. The van der Waals surface area contributed by atoms with E-state index >= 15 is 0 Å². The van der Waals surface area contributed by atoms with Crippen molar-refractivity contribution in [3.63, 3.8) is 0 Å². The lowest BCUT2D eigenvalue weighted by molar-refractivity contribution is 0.560. The fraction of sp³-hybridized carbons (Fsp3) is 0.0606. The second-order valence-electron chi connectivity index (χ2n) is 19.6. The molecule has 0 spiro atoms. The Kier molecular flexibility index (Phi) is 11.4. The zero-order valence-corrected chi connectivity index (χ0v) is 42.0. The van der Waals surface area contributed by atoms with Gasteiger partial charge in [-0.15, -0.1) is 0 Å². The van der Waals surface area contributed by atoms with E-state index in [1.807, 2.05) is 103 Å². The van der Waals surface area contributed by atoms with Gasteiger partial charge in [-0.2, -0.15) is 10.5 Å². The Morgan fingerprint density at radius 1 is 0.447 bits per heavy atom. The first-order valence-electron chi connectivity index (χ1n) is 25.6. The summed E-state index contributed by atoms with van der Waals surface area (Å²) in [5.41, 5.74) is 9.47. The van der Waals surface area contributed by atoms with Gasteiger partial charge in [-0.3, -0.25) is 0 Å². The summed E-state index contributed by atoms with van der Waals surface area (Å²) in [4.78, 5) is 10.6. The molecule has 0 radical (unpaired) electrons. The van der Waals surface area contributed by atoms with Gasteiger partial charge in [-0.25, -0.2) is 9.98 Å². The Morgan fingerprint density at radius 3 is 1.26 bits per heavy atom. The second-order valence-corrected chi connectivity index (χ2v) is 19.6. The molecule has 0 unspecified atom stereocenters. The lowest BCUT2D eigenvalue weighted by atomic mass is 9.50. The Balaban J connectivity index is 1.34. The number of ether oxygens (including phenoxy) is 2. The van der Waals surface area contributed by atoms with Crippen molar-refractivity contribution in [1.82, 2.24) is 8.96 Å². The van der Waals surface area contributed by atoms with Gasteiger partial charge in [0.05, 0.1) is 32.8 Å². The Labute approximate surface area is 440 Å². The summed E-state index contributed by atoms with van der Waals surface area (Å²) in [6.45, 7) is 5.49. The molecule has 0 aliphatic carbocycles. The largest absolute Gasteiger partial charge is 0.437 e. The maximum atomic E-state index is 12.2. The molecule has 9 aromatic carbocycles. The molecular weight excluding hydrogens is 930 g/mol. The van der Waals surface area contributed by atoms with Crippen LogP contribution in [0.4, 0.5) is 11.4 Å². The first-order valence-corrected chi connectivity index (χ1v) is 25.6. The summed E-state index contributed by atoms with van der Waals surface area (Å²) >= 11 is 0. The summed E-state index contributed by atoms with van der Waals surface area (Å²) in [6.07, 6.45) is 0. The maximum Gasteiger partial charge on any atom is 0.328 e. The molecule has 11 aromatic rings. The van der Waals surface area contributed by atoms with E-state index < -0.39 is 13.7 Å². The normalized spacial score (nSPS) is 13.3. The third-order valence-electron chi connectivity index (χ3n) is 14.8.